The SMILES string of the molecule is CNCc1cc(S(=O)(=O)N(C)C(C)C2CC2)c(C)o1. The molecule has 0 amide bonds. The molecule has 0 aromatic carbocycles. The second-order valence-corrected chi connectivity index (χ2v) is 7.23. The summed E-state index contributed by atoms with van der Waals surface area (Å²) in [4.78, 5) is 0.285. The molecule has 1 aliphatic rings. The van der Waals surface area contributed by atoms with E-state index in [4.69, 9.17) is 4.42 Å². The molecule has 1 atom stereocenters. The van der Waals surface area contributed by atoms with Crippen molar-refractivity contribution in [2.45, 2.75) is 44.2 Å². The fraction of sp³-hybridized carbons (Fsp3) is 0.692. The molecule has 1 aromatic heterocycles. The summed E-state index contributed by atoms with van der Waals surface area (Å²) >= 11 is 0. The summed E-state index contributed by atoms with van der Waals surface area (Å²) in [6.07, 6.45) is 2.24. The number of sulfonamides is 1. The van der Waals surface area contributed by atoms with Crippen LogP contribution in [-0.2, 0) is 16.6 Å². The van der Waals surface area contributed by atoms with E-state index in [0.29, 0.717) is 24.0 Å². The van der Waals surface area contributed by atoms with E-state index in [1.54, 1.807) is 27.1 Å². The second kappa shape index (κ2) is 5.26. The lowest BCUT2D eigenvalue weighted by Crippen LogP contribution is -2.36. The molecule has 0 saturated heterocycles. The zero-order valence-corrected chi connectivity index (χ0v) is 12.8. The monoisotopic (exact) mass is 286 g/mol. The van der Waals surface area contributed by atoms with Crippen LogP contribution in [0.5, 0.6) is 0 Å². The highest BCUT2D eigenvalue weighted by molar-refractivity contribution is 7.89. The van der Waals surface area contributed by atoms with Crippen LogP contribution in [0.4, 0.5) is 0 Å². The first-order chi connectivity index (χ1) is 8.87. The molecular weight excluding hydrogens is 264 g/mol. The van der Waals surface area contributed by atoms with Gasteiger partial charge < -0.3 is 9.73 Å². The van der Waals surface area contributed by atoms with Crippen molar-refractivity contribution in [3.8, 4) is 0 Å². The van der Waals surface area contributed by atoms with Crippen LogP contribution < -0.4 is 5.32 Å². The van der Waals surface area contributed by atoms with E-state index in [0.717, 1.165) is 12.8 Å². The molecule has 0 spiro atoms. The maximum Gasteiger partial charge on any atom is 0.246 e. The highest BCUT2D eigenvalue weighted by atomic mass is 32.2. The van der Waals surface area contributed by atoms with E-state index < -0.39 is 10.0 Å². The predicted octanol–water partition coefficient (Wildman–Crippen LogP) is 1.73. The fourth-order valence-electron chi connectivity index (χ4n) is 2.29. The fourth-order valence-corrected chi connectivity index (χ4v) is 3.90. The molecule has 108 valence electrons. The minimum Gasteiger partial charge on any atom is -0.464 e. The van der Waals surface area contributed by atoms with Gasteiger partial charge in [0.25, 0.3) is 0 Å². The number of hydrogen-bond donors (Lipinski definition) is 1. The number of aryl methyl sites for hydroxylation is 1. The Morgan fingerprint density at radius 1 is 1.53 bits per heavy atom. The van der Waals surface area contributed by atoms with Crippen molar-refractivity contribution in [1.29, 1.82) is 0 Å². The summed E-state index contributed by atoms with van der Waals surface area (Å²) in [5.41, 5.74) is 0. The first kappa shape index (κ1) is 14.6. The molecule has 1 unspecified atom stereocenters. The van der Waals surface area contributed by atoms with Crippen molar-refractivity contribution in [1.82, 2.24) is 9.62 Å². The molecule has 6 heteroatoms. The molecule has 1 heterocycles. The van der Waals surface area contributed by atoms with Gasteiger partial charge in [-0.15, -0.1) is 0 Å². The molecule has 0 radical (unpaired) electrons. The van der Waals surface area contributed by atoms with Gasteiger partial charge in [0, 0.05) is 19.2 Å². The third kappa shape index (κ3) is 2.85. The van der Waals surface area contributed by atoms with Gasteiger partial charge >= 0.3 is 0 Å². The average molecular weight is 286 g/mol. The van der Waals surface area contributed by atoms with Crippen LogP contribution >= 0.6 is 0 Å². The molecule has 0 bridgehead atoms. The minimum absolute atomic E-state index is 0.0482. The Hall–Kier alpha value is -0.850. The Morgan fingerprint density at radius 3 is 2.68 bits per heavy atom. The van der Waals surface area contributed by atoms with Gasteiger partial charge in [0.2, 0.25) is 10.0 Å². The topological polar surface area (TPSA) is 62.6 Å². The molecule has 2 rings (SSSR count). The van der Waals surface area contributed by atoms with E-state index >= 15 is 0 Å². The number of hydrogen-bond acceptors (Lipinski definition) is 4. The molecule has 1 fully saturated rings. The smallest absolute Gasteiger partial charge is 0.246 e. The van der Waals surface area contributed by atoms with Gasteiger partial charge in [-0.25, -0.2) is 8.42 Å². The van der Waals surface area contributed by atoms with Gasteiger partial charge in [-0.2, -0.15) is 4.31 Å². The van der Waals surface area contributed by atoms with Crippen LogP contribution in [0.25, 0.3) is 0 Å². The van der Waals surface area contributed by atoms with Crippen LogP contribution in [0.2, 0.25) is 0 Å². The zero-order valence-electron chi connectivity index (χ0n) is 11.9. The Morgan fingerprint density at radius 2 is 2.16 bits per heavy atom. The van der Waals surface area contributed by atoms with Gasteiger partial charge in [0.1, 0.15) is 16.4 Å². The lowest BCUT2D eigenvalue weighted by Gasteiger charge is -2.23. The van der Waals surface area contributed by atoms with Crippen LogP contribution in [0.3, 0.4) is 0 Å². The van der Waals surface area contributed by atoms with Gasteiger partial charge in [0.05, 0.1) is 6.54 Å². The number of furan rings is 1. The third-order valence-corrected chi connectivity index (χ3v) is 5.86. The predicted molar refractivity (Wildman–Crippen MR) is 73.3 cm³/mol. The van der Waals surface area contributed by atoms with Crippen molar-refractivity contribution in [3.05, 3.63) is 17.6 Å². The van der Waals surface area contributed by atoms with Gasteiger partial charge in [-0.05, 0) is 39.7 Å². The summed E-state index contributed by atoms with van der Waals surface area (Å²) in [5, 5.41) is 2.95. The Balaban J connectivity index is 2.27. The Bertz CT molecular complexity index is 546. The molecule has 1 saturated carbocycles. The van der Waals surface area contributed by atoms with Crippen LogP contribution in [0, 0.1) is 12.8 Å². The number of nitrogens with zero attached hydrogens (tertiary/aromatic N) is 1. The van der Waals surface area contributed by atoms with E-state index in [2.05, 4.69) is 5.32 Å². The van der Waals surface area contributed by atoms with Gasteiger partial charge in [-0.1, -0.05) is 0 Å². The second-order valence-electron chi connectivity index (χ2n) is 5.26. The summed E-state index contributed by atoms with van der Waals surface area (Å²) < 4.78 is 32.1. The van der Waals surface area contributed by atoms with Gasteiger partial charge in [0.15, 0.2) is 0 Å². The highest BCUT2D eigenvalue weighted by Gasteiger charge is 2.37. The molecule has 5 nitrogen and oxygen atoms in total. The summed E-state index contributed by atoms with van der Waals surface area (Å²) in [7, 11) is -0.00540. The maximum absolute atomic E-state index is 12.6. The van der Waals surface area contributed by atoms with Crippen molar-refractivity contribution < 1.29 is 12.8 Å². The quantitative estimate of drug-likeness (QED) is 0.865. The van der Waals surface area contributed by atoms with Crippen LogP contribution in [0.1, 0.15) is 31.3 Å². The normalized spacial score (nSPS) is 17.9. The first-order valence-electron chi connectivity index (χ1n) is 6.60. The Kier molecular flexibility index (Phi) is 4.03. The van der Waals surface area contributed by atoms with Crippen molar-refractivity contribution in [2.75, 3.05) is 14.1 Å². The zero-order chi connectivity index (χ0) is 14.2. The first-order valence-corrected chi connectivity index (χ1v) is 8.04. The van der Waals surface area contributed by atoms with E-state index in [1.807, 2.05) is 6.92 Å². The van der Waals surface area contributed by atoms with E-state index in [9.17, 15) is 8.42 Å². The number of rotatable bonds is 6. The molecule has 1 aliphatic carbocycles. The minimum atomic E-state index is -3.46. The van der Waals surface area contributed by atoms with Crippen LogP contribution in [-0.4, -0.2) is 32.9 Å². The van der Waals surface area contributed by atoms with Crippen molar-refractivity contribution >= 4 is 10.0 Å². The summed E-state index contributed by atoms with van der Waals surface area (Å²) in [6, 6.07) is 1.67. The number of nitrogens with one attached hydrogen (secondary N) is 1. The van der Waals surface area contributed by atoms with Crippen molar-refractivity contribution in [2.24, 2.45) is 5.92 Å². The summed E-state index contributed by atoms with van der Waals surface area (Å²) in [6.45, 7) is 4.19. The molecule has 0 aliphatic heterocycles. The van der Waals surface area contributed by atoms with E-state index in [1.165, 1.54) is 4.31 Å². The standard InChI is InChI=1S/C13H22N2O3S/c1-9(11-5-6-11)15(4)19(16,17)13-7-12(8-14-3)18-10(13)2/h7,9,11,14H,5-6,8H2,1-4H3. The Labute approximate surface area is 115 Å². The lowest BCUT2D eigenvalue weighted by molar-refractivity contribution is 0.356. The van der Waals surface area contributed by atoms with Crippen molar-refractivity contribution in [3.63, 3.8) is 0 Å². The maximum atomic E-state index is 12.6. The molecule has 1 N–H and O–H groups in total. The largest absolute Gasteiger partial charge is 0.464 e. The highest BCUT2D eigenvalue weighted by Crippen LogP contribution is 2.37. The molecule has 19 heavy (non-hydrogen) atoms. The molecule has 1 aromatic rings. The third-order valence-electron chi connectivity index (χ3n) is 3.81. The lowest BCUT2D eigenvalue weighted by atomic mass is 10.2. The van der Waals surface area contributed by atoms with Gasteiger partial charge in [-0.3, -0.25) is 0 Å². The molecular formula is C13H22N2O3S. The average Bonchev–Trinajstić information content (AvgIpc) is 3.12. The van der Waals surface area contributed by atoms with Crippen LogP contribution in [0.15, 0.2) is 15.4 Å². The summed E-state index contributed by atoms with van der Waals surface area (Å²) in [5.74, 6) is 1.61. The van der Waals surface area contributed by atoms with E-state index in [-0.39, 0.29) is 10.9 Å².